The van der Waals surface area contributed by atoms with E-state index in [2.05, 4.69) is 22.4 Å². The zero-order valence-electron chi connectivity index (χ0n) is 10.4. The topological polar surface area (TPSA) is 67.1 Å². The van der Waals surface area contributed by atoms with Gasteiger partial charge in [0.1, 0.15) is 6.04 Å². The fraction of sp³-hybridized carbons (Fsp3) is 0.286. The molecular formula is C14H15N3O2. The maximum Gasteiger partial charge on any atom is 0.321 e. The molecule has 0 fully saturated rings. The highest BCUT2D eigenvalue weighted by molar-refractivity contribution is 5.74. The third kappa shape index (κ3) is 2.37. The molecule has 5 heteroatoms. The van der Waals surface area contributed by atoms with Crippen molar-refractivity contribution in [1.82, 2.24) is 14.9 Å². The molecule has 5 nitrogen and oxygen atoms in total. The maximum absolute atomic E-state index is 11.1. The van der Waals surface area contributed by atoms with Crippen molar-refractivity contribution in [1.29, 1.82) is 0 Å². The zero-order valence-corrected chi connectivity index (χ0v) is 10.4. The third-order valence-corrected chi connectivity index (χ3v) is 3.44. The number of aliphatic carboxylic acids is 1. The van der Waals surface area contributed by atoms with E-state index in [9.17, 15) is 4.79 Å². The molecule has 1 aliphatic rings. The van der Waals surface area contributed by atoms with E-state index < -0.39 is 12.0 Å². The van der Waals surface area contributed by atoms with Crippen LogP contribution in [0.15, 0.2) is 36.7 Å². The molecular weight excluding hydrogens is 242 g/mol. The molecule has 98 valence electrons. The second kappa shape index (κ2) is 4.85. The summed E-state index contributed by atoms with van der Waals surface area (Å²) in [5, 5.41) is 12.1. The number of carboxylic acids is 1. The Morgan fingerprint density at radius 2 is 2.21 bits per heavy atom. The number of carboxylic acid groups (broad SMARTS) is 1. The summed E-state index contributed by atoms with van der Waals surface area (Å²) < 4.78 is 2.04. The number of hydrogen-bond acceptors (Lipinski definition) is 3. The predicted molar refractivity (Wildman–Crippen MR) is 69.7 cm³/mol. The van der Waals surface area contributed by atoms with Crippen LogP contribution in [0.5, 0.6) is 0 Å². The summed E-state index contributed by atoms with van der Waals surface area (Å²) in [7, 11) is 0. The van der Waals surface area contributed by atoms with Crippen molar-refractivity contribution < 1.29 is 9.90 Å². The minimum Gasteiger partial charge on any atom is -0.480 e. The number of nitrogens with one attached hydrogen (secondary N) is 1. The van der Waals surface area contributed by atoms with Crippen molar-refractivity contribution in [2.45, 2.75) is 25.6 Å². The van der Waals surface area contributed by atoms with Gasteiger partial charge in [-0.1, -0.05) is 30.3 Å². The molecule has 1 aliphatic heterocycles. The molecule has 2 N–H and O–H groups in total. The Hall–Kier alpha value is -2.14. The SMILES string of the molecule is O=C(O)C1Cc2c(ncn2Cc2ccccc2)CN1. The van der Waals surface area contributed by atoms with Gasteiger partial charge in [-0.3, -0.25) is 10.1 Å². The molecule has 0 amide bonds. The molecule has 0 aliphatic carbocycles. The van der Waals surface area contributed by atoms with Crippen molar-refractivity contribution in [3.05, 3.63) is 53.6 Å². The molecule has 1 unspecified atom stereocenters. The molecule has 0 radical (unpaired) electrons. The first-order chi connectivity index (χ1) is 9.24. The van der Waals surface area contributed by atoms with Crippen LogP contribution in [0.3, 0.4) is 0 Å². The van der Waals surface area contributed by atoms with E-state index in [0.29, 0.717) is 13.0 Å². The molecule has 1 atom stereocenters. The summed E-state index contributed by atoms with van der Waals surface area (Å²) in [6.45, 7) is 1.25. The zero-order chi connectivity index (χ0) is 13.2. The van der Waals surface area contributed by atoms with Crippen LogP contribution in [0.4, 0.5) is 0 Å². The van der Waals surface area contributed by atoms with Gasteiger partial charge >= 0.3 is 5.97 Å². The Balaban J connectivity index is 1.85. The van der Waals surface area contributed by atoms with E-state index >= 15 is 0 Å². The van der Waals surface area contributed by atoms with Crippen LogP contribution in [0, 0.1) is 0 Å². The Labute approximate surface area is 110 Å². The van der Waals surface area contributed by atoms with Gasteiger partial charge in [0.05, 0.1) is 12.0 Å². The summed E-state index contributed by atoms with van der Waals surface area (Å²) in [4.78, 5) is 15.4. The van der Waals surface area contributed by atoms with Crippen LogP contribution in [0.1, 0.15) is 17.0 Å². The average Bonchev–Trinajstić information content (AvgIpc) is 2.82. The van der Waals surface area contributed by atoms with Gasteiger partial charge in [-0.05, 0) is 5.56 Å². The second-order valence-electron chi connectivity index (χ2n) is 4.73. The Morgan fingerprint density at radius 1 is 1.42 bits per heavy atom. The third-order valence-electron chi connectivity index (χ3n) is 3.44. The van der Waals surface area contributed by atoms with Crippen LogP contribution < -0.4 is 5.32 Å². The summed E-state index contributed by atoms with van der Waals surface area (Å²) in [5.41, 5.74) is 3.16. The summed E-state index contributed by atoms with van der Waals surface area (Å²) in [6, 6.07) is 9.58. The lowest BCUT2D eigenvalue weighted by atomic mass is 10.1. The average molecular weight is 257 g/mol. The van der Waals surface area contributed by atoms with Crippen LogP contribution in [0.2, 0.25) is 0 Å². The van der Waals surface area contributed by atoms with Gasteiger partial charge in [-0.25, -0.2) is 4.98 Å². The molecule has 2 heterocycles. The van der Waals surface area contributed by atoms with Crippen molar-refractivity contribution >= 4 is 5.97 Å². The number of fused-ring (bicyclic) bond motifs is 1. The molecule has 0 saturated heterocycles. The van der Waals surface area contributed by atoms with Crippen molar-refractivity contribution in [2.24, 2.45) is 0 Å². The number of rotatable bonds is 3. The lowest BCUT2D eigenvalue weighted by molar-refractivity contribution is -0.139. The molecule has 1 aromatic carbocycles. The van der Waals surface area contributed by atoms with Gasteiger partial charge in [0.15, 0.2) is 0 Å². The Bertz CT molecular complexity index is 592. The molecule has 19 heavy (non-hydrogen) atoms. The van der Waals surface area contributed by atoms with E-state index in [0.717, 1.165) is 17.9 Å². The molecule has 3 rings (SSSR count). The van der Waals surface area contributed by atoms with Crippen molar-refractivity contribution in [2.75, 3.05) is 0 Å². The lowest BCUT2D eigenvalue weighted by Crippen LogP contribution is -2.42. The van der Waals surface area contributed by atoms with Crippen LogP contribution >= 0.6 is 0 Å². The van der Waals surface area contributed by atoms with E-state index in [-0.39, 0.29) is 0 Å². The standard InChI is InChI=1S/C14H15N3O2/c18-14(19)11-6-13-12(7-15-11)16-9-17(13)8-10-4-2-1-3-5-10/h1-5,9,11,15H,6-8H2,(H,18,19). The first-order valence-electron chi connectivity index (χ1n) is 6.27. The largest absolute Gasteiger partial charge is 0.480 e. The van der Waals surface area contributed by atoms with Gasteiger partial charge in [0, 0.05) is 25.2 Å². The minimum absolute atomic E-state index is 0.484. The number of benzene rings is 1. The molecule has 2 aromatic rings. The van der Waals surface area contributed by atoms with Crippen LogP contribution in [-0.4, -0.2) is 26.7 Å². The number of nitrogens with zero attached hydrogens (tertiary/aromatic N) is 2. The summed E-state index contributed by atoms with van der Waals surface area (Å²) in [5.74, 6) is -0.807. The molecule has 0 bridgehead atoms. The van der Waals surface area contributed by atoms with Crippen LogP contribution in [0.25, 0.3) is 0 Å². The Morgan fingerprint density at radius 3 is 2.95 bits per heavy atom. The highest BCUT2D eigenvalue weighted by Crippen LogP contribution is 2.17. The molecule has 0 spiro atoms. The monoisotopic (exact) mass is 257 g/mol. The lowest BCUT2D eigenvalue weighted by Gasteiger charge is -2.21. The number of carbonyl (C=O) groups is 1. The quantitative estimate of drug-likeness (QED) is 0.862. The van der Waals surface area contributed by atoms with Crippen molar-refractivity contribution in [3.63, 3.8) is 0 Å². The predicted octanol–water partition coefficient (Wildman–Crippen LogP) is 1.03. The highest BCUT2D eigenvalue weighted by Gasteiger charge is 2.26. The van der Waals surface area contributed by atoms with Gasteiger partial charge < -0.3 is 9.67 Å². The van der Waals surface area contributed by atoms with Gasteiger partial charge in [0.25, 0.3) is 0 Å². The molecule has 0 saturated carbocycles. The van der Waals surface area contributed by atoms with E-state index in [1.54, 1.807) is 6.33 Å². The maximum atomic E-state index is 11.1. The molecule has 1 aromatic heterocycles. The van der Waals surface area contributed by atoms with E-state index in [1.165, 1.54) is 5.56 Å². The van der Waals surface area contributed by atoms with Crippen molar-refractivity contribution in [3.8, 4) is 0 Å². The van der Waals surface area contributed by atoms with Gasteiger partial charge in [0.2, 0.25) is 0 Å². The second-order valence-corrected chi connectivity index (χ2v) is 4.73. The summed E-state index contributed by atoms with van der Waals surface area (Å²) in [6.07, 6.45) is 2.28. The highest BCUT2D eigenvalue weighted by atomic mass is 16.4. The minimum atomic E-state index is -0.807. The number of aromatic nitrogens is 2. The first-order valence-corrected chi connectivity index (χ1v) is 6.27. The summed E-state index contributed by atoms with van der Waals surface area (Å²) >= 11 is 0. The fourth-order valence-electron chi connectivity index (χ4n) is 2.41. The number of imidazole rings is 1. The first kappa shape index (κ1) is 11.9. The Kier molecular flexibility index (Phi) is 3.05. The van der Waals surface area contributed by atoms with E-state index in [4.69, 9.17) is 5.11 Å². The van der Waals surface area contributed by atoms with E-state index in [1.807, 2.05) is 22.8 Å². The normalized spacial score (nSPS) is 18.0. The fourth-order valence-corrected chi connectivity index (χ4v) is 2.41. The smallest absolute Gasteiger partial charge is 0.321 e. The van der Waals surface area contributed by atoms with Gasteiger partial charge in [-0.15, -0.1) is 0 Å². The number of hydrogen-bond donors (Lipinski definition) is 2. The van der Waals surface area contributed by atoms with Gasteiger partial charge in [-0.2, -0.15) is 0 Å². The van der Waals surface area contributed by atoms with Crippen LogP contribution in [-0.2, 0) is 24.3 Å².